The maximum absolute atomic E-state index is 12.7. The van der Waals surface area contributed by atoms with E-state index in [1.807, 2.05) is 26.8 Å². The number of benzene rings is 1. The van der Waals surface area contributed by atoms with Gasteiger partial charge >= 0.3 is 0 Å². The van der Waals surface area contributed by atoms with Crippen LogP contribution in [-0.4, -0.2) is 27.2 Å². The lowest BCUT2D eigenvalue weighted by atomic mass is 10.2. The molecule has 26 heavy (non-hydrogen) atoms. The molecule has 2 aromatic heterocycles. The van der Waals surface area contributed by atoms with Gasteiger partial charge in [-0.25, -0.2) is 4.98 Å². The lowest BCUT2D eigenvalue weighted by molar-refractivity contribution is 0.0940. The minimum atomic E-state index is -0.422. The summed E-state index contributed by atoms with van der Waals surface area (Å²) in [6, 6.07) is 10.6. The molecule has 0 saturated carbocycles. The second kappa shape index (κ2) is 7.17. The van der Waals surface area contributed by atoms with Gasteiger partial charge in [0.1, 0.15) is 0 Å². The number of imidazole rings is 1. The van der Waals surface area contributed by atoms with E-state index in [0.717, 1.165) is 5.56 Å². The molecule has 7 heteroatoms. The van der Waals surface area contributed by atoms with E-state index in [2.05, 4.69) is 15.6 Å². The predicted molar refractivity (Wildman–Crippen MR) is 102 cm³/mol. The monoisotopic (exact) mass is 370 g/mol. The van der Waals surface area contributed by atoms with E-state index >= 15 is 0 Å². The van der Waals surface area contributed by atoms with Crippen molar-refractivity contribution < 1.29 is 9.59 Å². The van der Waals surface area contributed by atoms with Crippen molar-refractivity contribution in [3.8, 4) is 0 Å². The Balaban J connectivity index is 1.97. The summed E-state index contributed by atoms with van der Waals surface area (Å²) < 4.78 is 1.60. The zero-order valence-corrected chi connectivity index (χ0v) is 15.5. The molecular weight excluding hydrogens is 352 g/mol. The first-order chi connectivity index (χ1) is 12.4. The fourth-order valence-electron chi connectivity index (χ4n) is 2.55. The molecule has 2 amide bonds. The van der Waals surface area contributed by atoms with Gasteiger partial charge in [-0.1, -0.05) is 23.7 Å². The Bertz CT molecular complexity index is 994. The van der Waals surface area contributed by atoms with Crippen LogP contribution < -0.4 is 10.6 Å². The summed E-state index contributed by atoms with van der Waals surface area (Å²) in [7, 11) is 0. The Morgan fingerprint density at radius 1 is 1.15 bits per heavy atom. The van der Waals surface area contributed by atoms with Crippen molar-refractivity contribution in [1.29, 1.82) is 0 Å². The van der Waals surface area contributed by atoms with Crippen LogP contribution in [0.4, 0.5) is 5.69 Å². The molecule has 0 aliphatic heterocycles. The summed E-state index contributed by atoms with van der Waals surface area (Å²) in [4.78, 5) is 29.4. The van der Waals surface area contributed by atoms with E-state index in [9.17, 15) is 9.59 Å². The number of anilines is 1. The van der Waals surface area contributed by atoms with Crippen molar-refractivity contribution in [3.63, 3.8) is 0 Å². The zero-order valence-electron chi connectivity index (χ0n) is 14.7. The number of amides is 2. The third-order valence-electron chi connectivity index (χ3n) is 3.82. The van der Waals surface area contributed by atoms with E-state index < -0.39 is 5.91 Å². The molecule has 6 nitrogen and oxygen atoms in total. The molecule has 2 N–H and O–H groups in total. The van der Waals surface area contributed by atoms with Gasteiger partial charge in [-0.05, 0) is 50.6 Å². The number of hydrogen-bond acceptors (Lipinski definition) is 3. The lowest BCUT2D eigenvalue weighted by Gasteiger charge is -2.06. The minimum Gasteiger partial charge on any atom is -0.348 e. The van der Waals surface area contributed by atoms with E-state index in [4.69, 9.17) is 11.6 Å². The molecule has 0 unspecified atom stereocenters. The number of carbonyl (C=O) groups excluding carboxylic acids is 2. The summed E-state index contributed by atoms with van der Waals surface area (Å²) >= 11 is 6.11. The van der Waals surface area contributed by atoms with Gasteiger partial charge in [0, 0.05) is 22.9 Å². The van der Waals surface area contributed by atoms with Crippen LogP contribution in [0.15, 0.2) is 42.6 Å². The van der Waals surface area contributed by atoms with Crippen LogP contribution in [0.5, 0.6) is 0 Å². The smallest absolute Gasteiger partial charge is 0.292 e. The number of aryl methyl sites for hydroxylation is 1. The van der Waals surface area contributed by atoms with Crippen molar-refractivity contribution in [3.05, 3.63) is 64.7 Å². The molecule has 3 rings (SSSR count). The highest BCUT2D eigenvalue weighted by atomic mass is 35.5. The van der Waals surface area contributed by atoms with Crippen molar-refractivity contribution in [1.82, 2.24) is 14.7 Å². The highest BCUT2D eigenvalue weighted by Crippen LogP contribution is 2.21. The van der Waals surface area contributed by atoms with Gasteiger partial charge in [-0.15, -0.1) is 0 Å². The number of fused-ring (bicyclic) bond motifs is 1. The first-order valence-corrected chi connectivity index (χ1v) is 8.60. The van der Waals surface area contributed by atoms with E-state index in [0.29, 0.717) is 16.2 Å². The standard InChI is InChI=1S/C19H19ClN4O2/c1-11(2)21-18(25)16-15-6-4-5-9-24(15)17(23-16)19(26)22-13-8-7-12(3)14(20)10-13/h4-11H,1-3H3,(H,21,25)(H,22,26). The number of aromatic nitrogens is 2. The fourth-order valence-corrected chi connectivity index (χ4v) is 2.73. The van der Waals surface area contributed by atoms with Gasteiger partial charge < -0.3 is 10.6 Å². The van der Waals surface area contributed by atoms with Crippen LogP contribution >= 0.6 is 11.6 Å². The first-order valence-electron chi connectivity index (χ1n) is 8.22. The number of pyridine rings is 1. The molecule has 0 radical (unpaired) electrons. The molecule has 0 aliphatic rings. The molecule has 0 spiro atoms. The van der Waals surface area contributed by atoms with Crippen molar-refractivity contribution in [2.75, 3.05) is 5.32 Å². The Morgan fingerprint density at radius 2 is 1.92 bits per heavy atom. The Kier molecular flexibility index (Phi) is 4.95. The van der Waals surface area contributed by atoms with E-state index in [1.165, 1.54) is 0 Å². The molecule has 3 aromatic rings. The van der Waals surface area contributed by atoms with Crippen molar-refractivity contribution >= 4 is 34.6 Å². The number of rotatable bonds is 4. The number of nitrogens with one attached hydrogen (secondary N) is 2. The Morgan fingerprint density at radius 3 is 2.62 bits per heavy atom. The maximum atomic E-state index is 12.7. The predicted octanol–water partition coefficient (Wildman–Crippen LogP) is 3.69. The van der Waals surface area contributed by atoms with Crippen LogP contribution in [0.1, 0.15) is 40.5 Å². The van der Waals surface area contributed by atoms with Crippen LogP contribution in [0, 0.1) is 6.92 Å². The highest BCUT2D eigenvalue weighted by Gasteiger charge is 2.22. The first kappa shape index (κ1) is 17.9. The van der Waals surface area contributed by atoms with Crippen molar-refractivity contribution in [2.45, 2.75) is 26.8 Å². The van der Waals surface area contributed by atoms with E-state index in [-0.39, 0.29) is 23.5 Å². The largest absolute Gasteiger partial charge is 0.348 e. The number of hydrogen-bond donors (Lipinski definition) is 2. The third kappa shape index (κ3) is 3.55. The van der Waals surface area contributed by atoms with Gasteiger partial charge in [0.05, 0.1) is 5.52 Å². The second-order valence-corrected chi connectivity index (χ2v) is 6.69. The zero-order chi connectivity index (χ0) is 18.8. The molecule has 0 aliphatic carbocycles. The molecule has 0 saturated heterocycles. The average Bonchev–Trinajstić information content (AvgIpc) is 2.97. The van der Waals surface area contributed by atoms with Gasteiger partial charge in [-0.2, -0.15) is 0 Å². The number of nitrogens with zero attached hydrogens (tertiary/aromatic N) is 2. The fraction of sp³-hybridized carbons (Fsp3) is 0.211. The molecule has 134 valence electrons. The van der Waals surface area contributed by atoms with E-state index in [1.54, 1.807) is 40.9 Å². The number of carbonyl (C=O) groups is 2. The maximum Gasteiger partial charge on any atom is 0.292 e. The molecule has 2 heterocycles. The van der Waals surface area contributed by atoms with Crippen molar-refractivity contribution in [2.24, 2.45) is 0 Å². The molecule has 1 aromatic carbocycles. The molecule has 0 atom stereocenters. The highest BCUT2D eigenvalue weighted by molar-refractivity contribution is 6.31. The summed E-state index contributed by atoms with van der Waals surface area (Å²) in [6.45, 7) is 5.62. The summed E-state index contributed by atoms with van der Waals surface area (Å²) in [6.07, 6.45) is 1.70. The summed E-state index contributed by atoms with van der Waals surface area (Å²) in [5, 5.41) is 6.14. The van der Waals surface area contributed by atoms with Crippen LogP contribution in [0.2, 0.25) is 5.02 Å². The quantitative estimate of drug-likeness (QED) is 0.735. The Hall–Kier alpha value is -2.86. The minimum absolute atomic E-state index is 0.0325. The molecular formula is C19H19ClN4O2. The Labute approximate surface area is 156 Å². The van der Waals surface area contributed by atoms with Gasteiger partial charge in [0.2, 0.25) is 5.82 Å². The van der Waals surface area contributed by atoms with Gasteiger partial charge in [-0.3, -0.25) is 14.0 Å². The lowest BCUT2D eigenvalue weighted by Crippen LogP contribution is -2.30. The third-order valence-corrected chi connectivity index (χ3v) is 4.22. The average molecular weight is 371 g/mol. The summed E-state index contributed by atoms with van der Waals surface area (Å²) in [5.74, 6) is -0.609. The summed E-state index contributed by atoms with van der Waals surface area (Å²) in [5.41, 5.74) is 2.26. The number of halogens is 1. The van der Waals surface area contributed by atoms with Crippen LogP contribution in [0.3, 0.4) is 0 Å². The molecule has 0 fully saturated rings. The van der Waals surface area contributed by atoms with Crippen LogP contribution in [0.25, 0.3) is 5.52 Å². The molecule has 0 bridgehead atoms. The van der Waals surface area contributed by atoms with Gasteiger partial charge in [0.15, 0.2) is 5.69 Å². The normalized spacial score (nSPS) is 11.0. The second-order valence-electron chi connectivity index (χ2n) is 6.29. The SMILES string of the molecule is Cc1ccc(NC(=O)c2nc(C(=O)NC(C)C)c3ccccn23)cc1Cl. The van der Waals surface area contributed by atoms with Crippen LogP contribution in [-0.2, 0) is 0 Å². The topological polar surface area (TPSA) is 75.5 Å². The van der Waals surface area contributed by atoms with Gasteiger partial charge in [0.25, 0.3) is 11.8 Å².